The highest BCUT2D eigenvalue weighted by Gasteiger charge is 2.53. The molecule has 1 N–H and O–H groups in total. The fourth-order valence-corrected chi connectivity index (χ4v) is 8.31. The molecule has 1 spiro atoms. The van der Waals surface area contributed by atoms with Gasteiger partial charge in [-0.3, -0.25) is 0 Å². The molecular weight excluding hydrogens is 492 g/mol. The Morgan fingerprint density at radius 2 is 1.74 bits per heavy atom. The molecule has 202 valence electrons. The lowest BCUT2D eigenvalue weighted by Crippen LogP contribution is -2.67. The van der Waals surface area contributed by atoms with E-state index in [1.54, 1.807) is 12.1 Å². The second-order valence-electron chi connectivity index (χ2n) is 13.0. The second-order valence-corrected chi connectivity index (χ2v) is 15.0. The van der Waals surface area contributed by atoms with Gasteiger partial charge in [0.1, 0.15) is 5.82 Å². The Kier molecular flexibility index (Phi) is 5.98. The Morgan fingerprint density at radius 3 is 2.37 bits per heavy atom. The molecule has 2 saturated heterocycles. The zero-order valence-corrected chi connectivity index (χ0v) is 23.6. The molecule has 0 bridgehead atoms. The number of aromatic nitrogens is 2. The maximum absolute atomic E-state index is 11.8. The minimum absolute atomic E-state index is 0.331. The predicted octanol–water partition coefficient (Wildman–Crippen LogP) is 5.39. The van der Waals surface area contributed by atoms with E-state index in [4.69, 9.17) is 4.98 Å². The van der Waals surface area contributed by atoms with Crippen LogP contribution in [0, 0.1) is 18.3 Å². The molecular formula is C31H40N4O2S. The molecule has 2 aliphatic heterocycles. The average Bonchev–Trinajstić information content (AvgIpc) is 3.26. The summed E-state index contributed by atoms with van der Waals surface area (Å²) in [6.45, 7) is 8.69. The first-order valence-electron chi connectivity index (χ1n) is 14.5. The number of aryl methyl sites for hydroxylation is 1. The smallest absolute Gasteiger partial charge is 0.175 e. The largest absolute Gasteiger partial charge is 0.338 e. The number of aromatic amines is 1. The van der Waals surface area contributed by atoms with Crippen molar-refractivity contribution in [2.75, 3.05) is 39.0 Å². The van der Waals surface area contributed by atoms with Gasteiger partial charge in [0.2, 0.25) is 0 Å². The minimum Gasteiger partial charge on any atom is -0.338 e. The van der Waals surface area contributed by atoms with E-state index in [1.807, 2.05) is 12.1 Å². The van der Waals surface area contributed by atoms with Gasteiger partial charge in [0.05, 0.1) is 15.9 Å². The van der Waals surface area contributed by atoms with Crippen LogP contribution in [0.3, 0.4) is 0 Å². The van der Waals surface area contributed by atoms with Crippen LogP contribution in [0.5, 0.6) is 0 Å². The molecule has 6 nitrogen and oxygen atoms in total. The Labute approximate surface area is 226 Å². The molecule has 3 aromatic rings. The van der Waals surface area contributed by atoms with Gasteiger partial charge < -0.3 is 14.8 Å². The molecule has 2 aromatic carbocycles. The number of fused-ring (bicyclic) bond motifs is 1. The van der Waals surface area contributed by atoms with Crippen LogP contribution in [-0.2, 0) is 9.84 Å². The van der Waals surface area contributed by atoms with Crippen LogP contribution >= 0.6 is 0 Å². The van der Waals surface area contributed by atoms with Crippen LogP contribution in [0.1, 0.15) is 62.0 Å². The van der Waals surface area contributed by atoms with Gasteiger partial charge in [-0.15, -0.1) is 0 Å². The summed E-state index contributed by atoms with van der Waals surface area (Å²) in [6.07, 6.45) is 10.9. The Morgan fingerprint density at radius 1 is 1.03 bits per heavy atom. The maximum atomic E-state index is 11.8. The van der Waals surface area contributed by atoms with E-state index < -0.39 is 9.84 Å². The first-order valence-corrected chi connectivity index (χ1v) is 16.4. The van der Waals surface area contributed by atoms with E-state index >= 15 is 0 Å². The number of imidazole rings is 1. The minimum atomic E-state index is -3.20. The number of nitrogens with one attached hydrogen (secondary N) is 1. The van der Waals surface area contributed by atoms with Crippen molar-refractivity contribution in [1.29, 1.82) is 0 Å². The summed E-state index contributed by atoms with van der Waals surface area (Å²) < 4.78 is 23.6. The van der Waals surface area contributed by atoms with Crippen LogP contribution in [-0.4, -0.2) is 73.2 Å². The van der Waals surface area contributed by atoms with E-state index in [9.17, 15) is 8.42 Å². The number of piperidine rings is 1. The molecule has 4 aliphatic rings. The van der Waals surface area contributed by atoms with Gasteiger partial charge in [-0.05, 0) is 117 Å². The van der Waals surface area contributed by atoms with Crippen LogP contribution in [0.4, 0.5) is 0 Å². The van der Waals surface area contributed by atoms with Crippen molar-refractivity contribution in [3.63, 3.8) is 0 Å². The SMILES string of the molecule is Cc1cc(C2CCN(C3CC4(C3)CN(CC3CCC3)C4)CC2)cc2[nH]c(-c3ccc(S(C)(=O)=O)cc3)nc12. The lowest BCUT2D eigenvalue weighted by atomic mass is 9.59. The number of H-pyrrole nitrogens is 1. The molecule has 0 unspecified atom stereocenters. The quantitative estimate of drug-likeness (QED) is 0.461. The van der Waals surface area contributed by atoms with Gasteiger partial charge in [0.25, 0.3) is 0 Å². The first kappa shape index (κ1) is 24.8. The molecule has 0 atom stereocenters. The monoisotopic (exact) mass is 532 g/mol. The highest BCUT2D eigenvalue weighted by molar-refractivity contribution is 7.90. The van der Waals surface area contributed by atoms with Crippen molar-refractivity contribution in [3.05, 3.63) is 47.5 Å². The Hall–Kier alpha value is -2.22. The lowest BCUT2D eigenvalue weighted by Gasteiger charge is -2.62. The molecule has 2 saturated carbocycles. The van der Waals surface area contributed by atoms with E-state index in [0.717, 1.165) is 34.4 Å². The number of nitrogens with zero attached hydrogens (tertiary/aromatic N) is 3. The summed E-state index contributed by atoms with van der Waals surface area (Å²) in [4.78, 5) is 14.2. The predicted molar refractivity (Wildman–Crippen MR) is 152 cm³/mol. The highest BCUT2D eigenvalue weighted by atomic mass is 32.2. The Balaban J connectivity index is 0.971. The van der Waals surface area contributed by atoms with Gasteiger partial charge in [-0.25, -0.2) is 13.4 Å². The molecule has 1 aromatic heterocycles. The summed E-state index contributed by atoms with van der Waals surface area (Å²) in [5, 5.41) is 0. The summed E-state index contributed by atoms with van der Waals surface area (Å²) >= 11 is 0. The van der Waals surface area contributed by atoms with Gasteiger partial charge in [0, 0.05) is 37.5 Å². The number of rotatable bonds is 6. The number of hydrogen-bond acceptors (Lipinski definition) is 5. The average molecular weight is 533 g/mol. The molecule has 4 fully saturated rings. The molecule has 3 heterocycles. The van der Waals surface area contributed by atoms with Crippen molar-refractivity contribution >= 4 is 20.9 Å². The molecule has 38 heavy (non-hydrogen) atoms. The van der Waals surface area contributed by atoms with E-state index in [1.165, 1.54) is 95.1 Å². The first-order chi connectivity index (χ1) is 18.2. The maximum Gasteiger partial charge on any atom is 0.175 e. The van der Waals surface area contributed by atoms with Crippen molar-refractivity contribution in [1.82, 2.24) is 19.8 Å². The number of likely N-dealkylation sites (tertiary alicyclic amines) is 2. The zero-order chi connectivity index (χ0) is 26.1. The summed E-state index contributed by atoms with van der Waals surface area (Å²) in [5.41, 5.74) is 6.26. The van der Waals surface area contributed by atoms with Crippen LogP contribution < -0.4 is 0 Å². The normalized spacial score (nSPS) is 23.4. The number of sulfone groups is 1. The van der Waals surface area contributed by atoms with Gasteiger partial charge in [0.15, 0.2) is 9.84 Å². The summed E-state index contributed by atoms with van der Waals surface area (Å²) in [7, 11) is -3.20. The van der Waals surface area contributed by atoms with Crippen molar-refractivity contribution in [3.8, 4) is 11.4 Å². The van der Waals surface area contributed by atoms with Crippen molar-refractivity contribution in [2.24, 2.45) is 11.3 Å². The van der Waals surface area contributed by atoms with Gasteiger partial charge in [-0.1, -0.05) is 12.5 Å². The van der Waals surface area contributed by atoms with Crippen LogP contribution in [0.15, 0.2) is 41.3 Å². The number of hydrogen-bond donors (Lipinski definition) is 1. The number of benzene rings is 2. The fraction of sp³-hybridized carbons (Fsp3) is 0.581. The lowest BCUT2D eigenvalue weighted by molar-refractivity contribution is -0.119. The third kappa shape index (κ3) is 4.50. The van der Waals surface area contributed by atoms with E-state index in [-0.39, 0.29) is 0 Å². The van der Waals surface area contributed by atoms with Gasteiger partial charge >= 0.3 is 0 Å². The zero-order valence-electron chi connectivity index (χ0n) is 22.7. The highest BCUT2D eigenvalue weighted by Crippen LogP contribution is 2.51. The third-order valence-corrected chi connectivity index (χ3v) is 11.2. The van der Waals surface area contributed by atoms with Crippen molar-refractivity contribution < 1.29 is 8.42 Å². The molecule has 0 amide bonds. The van der Waals surface area contributed by atoms with E-state index in [2.05, 4.69) is 33.8 Å². The van der Waals surface area contributed by atoms with E-state index in [0.29, 0.717) is 16.2 Å². The second kappa shape index (κ2) is 9.17. The molecule has 0 radical (unpaired) electrons. The topological polar surface area (TPSA) is 69.3 Å². The van der Waals surface area contributed by atoms with Crippen LogP contribution in [0.2, 0.25) is 0 Å². The van der Waals surface area contributed by atoms with Gasteiger partial charge in [-0.2, -0.15) is 0 Å². The Bertz CT molecular complexity index is 1440. The van der Waals surface area contributed by atoms with Crippen LogP contribution in [0.25, 0.3) is 22.4 Å². The standard InChI is InChI=1S/C31H40N4O2S/c1-21-14-25(15-28-29(21)33-30(32-28)24-6-8-27(9-7-24)38(2,36)37)23-10-12-35(13-11-23)26-16-31(17-26)19-34(20-31)18-22-4-3-5-22/h6-9,14-15,22-23,26H,3-5,10-13,16-20H2,1-2H3,(H,32,33). The fourth-order valence-electron chi connectivity index (χ4n) is 7.68. The summed E-state index contributed by atoms with van der Waals surface area (Å²) in [6, 6.07) is 12.4. The molecule has 7 rings (SSSR count). The molecule has 2 aliphatic carbocycles. The summed E-state index contributed by atoms with van der Waals surface area (Å²) in [5.74, 6) is 2.40. The third-order valence-electron chi connectivity index (χ3n) is 10.1. The van der Waals surface area contributed by atoms with Crippen molar-refractivity contribution in [2.45, 2.75) is 68.7 Å². The molecule has 7 heteroatoms.